The molecule has 0 saturated carbocycles. The van der Waals surface area contributed by atoms with Crippen molar-refractivity contribution in [2.45, 2.75) is 30.5 Å². The molecule has 0 aliphatic carbocycles. The largest absolute Gasteiger partial charge is 0.326 e. The van der Waals surface area contributed by atoms with Crippen molar-refractivity contribution in [2.75, 3.05) is 18.8 Å². The van der Waals surface area contributed by atoms with Crippen molar-refractivity contribution in [1.29, 1.82) is 0 Å². The molecular formula is C11H18N2O2S3. The molecule has 1 unspecified atom stereocenters. The summed E-state index contributed by atoms with van der Waals surface area (Å²) in [6.45, 7) is 5.51. The van der Waals surface area contributed by atoms with Crippen LogP contribution >= 0.6 is 23.1 Å². The minimum absolute atomic E-state index is 0.362. The van der Waals surface area contributed by atoms with Gasteiger partial charge in [0.1, 0.15) is 0 Å². The van der Waals surface area contributed by atoms with Crippen LogP contribution in [0.15, 0.2) is 11.0 Å². The number of thioether (sulfide) groups is 1. The van der Waals surface area contributed by atoms with Gasteiger partial charge >= 0.3 is 0 Å². The average Bonchev–Trinajstić information content (AvgIpc) is 2.71. The molecule has 1 aliphatic heterocycles. The van der Waals surface area contributed by atoms with Crippen LogP contribution in [0.4, 0.5) is 0 Å². The fourth-order valence-electron chi connectivity index (χ4n) is 2.02. The van der Waals surface area contributed by atoms with Crippen LogP contribution in [0.3, 0.4) is 0 Å². The van der Waals surface area contributed by atoms with E-state index in [0.717, 1.165) is 15.5 Å². The summed E-state index contributed by atoms with van der Waals surface area (Å²) >= 11 is 3.29. The SMILES string of the molecule is Cc1sc(CN)cc1S(=O)(=O)N1CCSC(C)C1. The highest BCUT2D eigenvalue weighted by Crippen LogP contribution is 2.30. The number of nitrogens with two attached hydrogens (primary N) is 1. The first-order chi connectivity index (χ1) is 8.45. The molecular weight excluding hydrogens is 288 g/mol. The molecule has 0 aromatic carbocycles. The van der Waals surface area contributed by atoms with E-state index in [1.807, 2.05) is 18.7 Å². The van der Waals surface area contributed by atoms with Crippen LogP contribution in [0.5, 0.6) is 0 Å². The van der Waals surface area contributed by atoms with Crippen LogP contribution in [0.1, 0.15) is 16.7 Å². The molecule has 1 fully saturated rings. The van der Waals surface area contributed by atoms with E-state index in [1.165, 1.54) is 11.3 Å². The van der Waals surface area contributed by atoms with Crippen molar-refractivity contribution < 1.29 is 8.42 Å². The summed E-state index contributed by atoms with van der Waals surface area (Å²) < 4.78 is 26.7. The van der Waals surface area contributed by atoms with E-state index in [-0.39, 0.29) is 0 Å². The summed E-state index contributed by atoms with van der Waals surface area (Å²) in [5.41, 5.74) is 5.57. The van der Waals surface area contributed by atoms with Crippen LogP contribution in [-0.2, 0) is 16.6 Å². The van der Waals surface area contributed by atoms with E-state index in [2.05, 4.69) is 6.92 Å². The molecule has 1 aromatic heterocycles. The van der Waals surface area contributed by atoms with Gasteiger partial charge in [-0.2, -0.15) is 16.1 Å². The van der Waals surface area contributed by atoms with E-state index in [1.54, 1.807) is 10.4 Å². The number of nitrogens with zero attached hydrogens (tertiary/aromatic N) is 1. The lowest BCUT2D eigenvalue weighted by atomic mass is 10.4. The Balaban J connectivity index is 2.32. The van der Waals surface area contributed by atoms with Gasteiger partial charge in [0.25, 0.3) is 0 Å². The van der Waals surface area contributed by atoms with Crippen LogP contribution in [0, 0.1) is 6.92 Å². The Morgan fingerprint density at radius 1 is 1.56 bits per heavy atom. The Labute approximate surface area is 117 Å². The Morgan fingerprint density at radius 3 is 2.83 bits per heavy atom. The normalized spacial score (nSPS) is 22.3. The fourth-order valence-corrected chi connectivity index (χ4v) is 6.26. The van der Waals surface area contributed by atoms with E-state index >= 15 is 0 Å². The molecule has 2 N–H and O–H groups in total. The maximum atomic E-state index is 12.6. The number of rotatable bonds is 3. The summed E-state index contributed by atoms with van der Waals surface area (Å²) in [7, 11) is -3.34. The lowest BCUT2D eigenvalue weighted by molar-refractivity contribution is 0.424. The molecule has 2 rings (SSSR count). The van der Waals surface area contributed by atoms with Gasteiger partial charge in [-0.3, -0.25) is 0 Å². The van der Waals surface area contributed by atoms with Gasteiger partial charge in [0.05, 0.1) is 4.90 Å². The molecule has 1 atom stereocenters. The number of sulfonamides is 1. The predicted octanol–water partition coefficient (Wildman–Crippen LogP) is 1.64. The summed E-state index contributed by atoms with van der Waals surface area (Å²) in [6, 6.07) is 1.72. The molecule has 4 nitrogen and oxygen atoms in total. The van der Waals surface area contributed by atoms with Gasteiger partial charge in [0.2, 0.25) is 10.0 Å². The first-order valence-electron chi connectivity index (χ1n) is 5.86. The standard InChI is InChI=1S/C11H18N2O2S3/c1-8-7-13(3-4-16-8)18(14,15)11-5-10(6-12)17-9(11)2/h5,8H,3-4,6-7,12H2,1-2H3. The molecule has 0 bridgehead atoms. The third-order valence-electron chi connectivity index (χ3n) is 2.95. The van der Waals surface area contributed by atoms with Gasteiger partial charge in [-0.25, -0.2) is 8.42 Å². The molecule has 0 spiro atoms. The Bertz CT molecular complexity index is 524. The van der Waals surface area contributed by atoms with Gasteiger partial charge < -0.3 is 5.73 Å². The van der Waals surface area contributed by atoms with Crippen molar-refractivity contribution >= 4 is 33.1 Å². The van der Waals surface area contributed by atoms with E-state index < -0.39 is 10.0 Å². The van der Waals surface area contributed by atoms with Gasteiger partial charge in [0, 0.05) is 40.4 Å². The number of hydrogen-bond acceptors (Lipinski definition) is 5. The van der Waals surface area contributed by atoms with Gasteiger partial charge in [-0.15, -0.1) is 11.3 Å². The van der Waals surface area contributed by atoms with Crippen LogP contribution in [0.25, 0.3) is 0 Å². The zero-order chi connectivity index (χ0) is 13.3. The minimum Gasteiger partial charge on any atom is -0.326 e. The molecule has 1 saturated heterocycles. The van der Waals surface area contributed by atoms with Crippen molar-refractivity contribution in [3.8, 4) is 0 Å². The second-order valence-electron chi connectivity index (χ2n) is 4.38. The zero-order valence-electron chi connectivity index (χ0n) is 10.5. The topological polar surface area (TPSA) is 63.4 Å². The molecule has 1 aromatic rings. The molecule has 1 aliphatic rings. The Morgan fingerprint density at radius 2 is 2.28 bits per heavy atom. The first kappa shape index (κ1) is 14.3. The summed E-state index contributed by atoms with van der Waals surface area (Å²) in [4.78, 5) is 2.19. The lowest BCUT2D eigenvalue weighted by Gasteiger charge is -2.29. The predicted molar refractivity (Wildman–Crippen MR) is 77.6 cm³/mol. The third-order valence-corrected chi connectivity index (χ3v) is 7.28. The molecule has 102 valence electrons. The van der Waals surface area contributed by atoms with E-state index in [4.69, 9.17) is 5.73 Å². The average molecular weight is 306 g/mol. The summed E-state index contributed by atoms with van der Waals surface area (Å²) in [5.74, 6) is 0.868. The van der Waals surface area contributed by atoms with Crippen molar-refractivity contribution in [1.82, 2.24) is 4.31 Å². The van der Waals surface area contributed by atoms with Gasteiger partial charge in [-0.05, 0) is 13.0 Å². The highest BCUT2D eigenvalue weighted by atomic mass is 32.2. The smallest absolute Gasteiger partial charge is 0.244 e. The van der Waals surface area contributed by atoms with Crippen LogP contribution < -0.4 is 5.73 Å². The Kier molecular flexibility index (Phi) is 4.38. The molecule has 0 amide bonds. The molecule has 2 heterocycles. The maximum Gasteiger partial charge on any atom is 0.244 e. The van der Waals surface area contributed by atoms with Gasteiger partial charge in [0.15, 0.2) is 0 Å². The number of aryl methyl sites for hydroxylation is 1. The number of hydrogen-bond donors (Lipinski definition) is 1. The minimum atomic E-state index is -3.34. The van der Waals surface area contributed by atoms with Crippen LogP contribution in [0.2, 0.25) is 0 Å². The third kappa shape index (κ3) is 2.75. The van der Waals surface area contributed by atoms with E-state index in [9.17, 15) is 8.42 Å². The maximum absolute atomic E-state index is 12.6. The Hall–Kier alpha value is -0.0800. The fraction of sp³-hybridized carbons (Fsp3) is 0.636. The van der Waals surface area contributed by atoms with E-state index in [0.29, 0.717) is 29.8 Å². The second-order valence-corrected chi connectivity index (χ2v) is 9.18. The highest BCUT2D eigenvalue weighted by Gasteiger charge is 2.30. The molecule has 0 radical (unpaired) electrons. The molecule has 18 heavy (non-hydrogen) atoms. The van der Waals surface area contributed by atoms with Crippen LogP contribution in [-0.4, -0.2) is 36.8 Å². The second kappa shape index (κ2) is 5.50. The van der Waals surface area contributed by atoms with Crippen molar-refractivity contribution in [3.05, 3.63) is 15.8 Å². The van der Waals surface area contributed by atoms with Crippen molar-refractivity contribution in [3.63, 3.8) is 0 Å². The quantitative estimate of drug-likeness (QED) is 0.922. The summed E-state index contributed by atoms with van der Waals surface area (Å²) in [6.07, 6.45) is 0. The summed E-state index contributed by atoms with van der Waals surface area (Å²) in [5, 5.41) is 0.362. The zero-order valence-corrected chi connectivity index (χ0v) is 13.0. The number of thiophene rings is 1. The monoisotopic (exact) mass is 306 g/mol. The lowest BCUT2D eigenvalue weighted by Crippen LogP contribution is -2.41. The van der Waals surface area contributed by atoms with Crippen molar-refractivity contribution in [2.24, 2.45) is 5.73 Å². The molecule has 7 heteroatoms. The highest BCUT2D eigenvalue weighted by molar-refractivity contribution is 8.00. The van der Waals surface area contributed by atoms with Gasteiger partial charge in [-0.1, -0.05) is 6.92 Å². The first-order valence-corrected chi connectivity index (χ1v) is 9.17.